The molecular weight excluding hydrogens is 360 g/mol. The minimum absolute atomic E-state index is 0.136. The lowest BCUT2D eigenvalue weighted by Gasteiger charge is -2.07. The van der Waals surface area contributed by atoms with Crippen molar-refractivity contribution in [1.82, 2.24) is 24.9 Å². The van der Waals surface area contributed by atoms with E-state index in [0.29, 0.717) is 23.0 Å². The van der Waals surface area contributed by atoms with Gasteiger partial charge in [-0.2, -0.15) is 9.78 Å². The van der Waals surface area contributed by atoms with Gasteiger partial charge in [-0.1, -0.05) is 35.5 Å². The Labute approximate surface area is 159 Å². The topological polar surface area (TPSA) is 119 Å². The van der Waals surface area contributed by atoms with E-state index in [-0.39, 0.29) is 17.2 Å². The van der Waals surface area contributed by atoms with Crippen LogP contribution in [0.1, 0.15) is 21.9 Å². The van der Waals surface area contributed by atoms with Crippen LogP contribution in [-0.4, -0.2) is 30.8 Å². The Morgan fingerprint density at radius 3 is 2.61 bits per heavy atom. The van der Waals surface area contributed by atoms with Crippen LogP contribution >= 0.6 is 0 Å². The highest BCUT2D eigenvalue weighted by molar-refractivity contribution is 6.02. The van der Waals surface area contributed by atoms with Crippen LogP contribution in [0.5, 0.6) is 0 Å². The molecule has 4 rings (SSSR count). The first-order chi connectivity index (χ1) is 13.5. The van der Waals surface area contributed by atoms with E-state index >= 15 is 0 Å². The second kappa shape index (κ2) is 6.95. The highest BCUT2D eigenvalue weighted by atomic mass is 16.5. The third-order valence-corrected chi connectivity index (χ3v) is 3.94. The molecule has 140 valence electrons. The number of amides is 1. The smallest absolute Gasteiger partial charge is 0.279 e. The summed E-state index contributed by atoms with van der Waals surface area (Å²) in [5.74, 6) is 0.581. The van der Waals surface area contributed by atoms with Gasteiger partial charge in [-0.05, 0) is 13.8 Å². The van der Waals surface area contributed by atoms with Gasteiger partial charge in [0, 0.05) is 29.5 Å². The number of aromatic nitrogens is 5. The van der Waals surface area contributed by atoms with Gasteiger partial charge in [0.05, 0.1) is 5.69 Å². The zero-order valence-corrected chi connectivity index (χ0v) is 15.1. The normalized spacial score (nSPS) is 10.8. The number of hydrogen-bond donors (Lipinski definition) is 2. The molecule has 0 unspecified atom stereocenters. The minimum Gasteiger partial charge on any atom is -0.361 e. The molecule has 0 aliphatic carbocycles. The Morgan fingerprint density at radius 2 is 1.93 bits per heavy atom. The molecule has 0 saturated heterocycles. The van der Waals surface area contributed by atoms with Gasteiger partial charge in [0.15, 0.2) is 5.69 Å². The van der Waals surface area contributed by atoms with E-state index in [1.54, 1.807) is 19.9 Å². The van der Waals surface area contributed by atoms with E-state index in [4.69, 9.17) is 4.52 Å². The Hall–Kier alpha value is -4.01. The number of aryl methyl sites for hydroxylation is 2. The van der Waals surface area contributed by atoms with Crippen molar-refractivity contribution < 1.29 is 9.32 Å². The SMILES string of the molecule is Cc1cc(=O)[nH]c(-n2nc(-c3ccccc3)cc2NC(=O)c2cc(C)on2)n1. The number of hydrogen-bond acceptors (Lipinski definition) is 6. The number of rotatable bonds is 4. The highest BCUT2D eigenvalue weighted by Gasteiger charge is 2.18. The van der Waals surface area contributed by atoms with Crippen molar-refractivity contribution >= 4 is 11.7 Å². The quantitative estimate of drug-likeness (QED) is 0.565. The van der Waals surface area contributed by atoms with E-state index in [1.807, 2.05) is 30.3 Å². The zero-order chi connectivity index (χ0) is 19.7. The van der Waals surface area contributed by atoms with Crippen molar-refractivity contribution in [3.8, 4) is 17.2 Å². The number of carbonyl (C=O) groups is 1. The molecular formula is C19H16N6O3. The maximum atomic E-state index is 12.5. The fourth-order valence-corrected chi connectivity index (χ4v) is 2.70. The third kappa shape index (κ3) is 3.45. The van der Waals surface area contributed by atoms with Gasteiger partial charge in [-0.15, -0.1) is 0 Å². The van der Waals surface area contributed by atoms with E-state index in [0.717, 1.165) is 5.56 Å². The summed E-state index contributed by atoms with van der Waals surface area (Å²) >= 11 is 0. The molecule has 2 N–H and O–H groups in total. The van der Waals surface area contributed by atoms with Gasteiger partial charge in [0.1, 0.15) is 11.6 Å². The van der Waals surface area contributed by atoms with E-state index < -0.39 is 5.91 Å². The van der Waals surface area contributed by atoms with Crippen molar-refractivity contribution in [2.24, 2.45) is 0 Å². The molecule has 1 amide bonds. The first-order valence-electron chi connectivity index (χ1n) is 8.48. The Bertz CT molecular complexity index is 1210. The molecule has 0 radical (unpaired) electrons. The van der Waals surface area contributed by atoms with Crippen LogP contribution in [0, 0.1) is 13.8 Å². The lowest BCUT2D eigenvalue weighted by molar-refractivity contribution is 0.101. The molecule has 3 aromatic heterocycles. The van der Waals surface area contributed by atoms with Crippen molar-refractivity contribution in [2.75, 3.05) is 5.32 Å². The third-order valence-electron chi connectivity index (χ3n) is 3.94. The largest absolute Gasteiger partial charge is 0.361 e. The van der Waals surface area contributed by atoms with E-state index in [2.05, 4.69) is 25.5 Å². The van der Waals surface area contributed by atoms with Crippen LogP contribution in [0.25, 0.3) is 17.2 Å². The molecule has 4 aromatic rings. The Morgan fingerprint density at radius 1 is 1.14 bits per heavy atom. The van der Waals surface area contributed by atoms with Crippen molar-refractivity contribution in [3.63, 3.8) is 0 Å². The number of nitrogens with one attached hydrogen (secondary N) is 2. The van der Waals surface area contributed by atoms with Crippen LogP contribution in [-0.2, 0) is 0 Å². The van der Waals surface area contributed by atoms with Crippen LogP contribution in [0.15, 0.2) is 57.8 Å². The van der Waals surface area contributed by atoms with Gasteiger partial charge in [-0.3, -0.25) is 14.6 Å². The van der Waals surface area contributed by atoms with Crippen LogP contribution in [0.4, 0.5) is 5.82 Å². The van der Waals surface area contributed by atoms with Crippen LogP contribution in [0.2, 0.25) is 0 Å². The molecule has 0 aliphatic rings. The van der Waals surface area contributed by atoms with E-state index in [9.17, 15) is 9.59 Å². The van der Waals surface area contributed by atoms with Gasteiger partial charge >= 0.3 is 0 Å². The molecule has 9 nitrogen and oxygen atoms in total. The molecule has 0 fully saturated rings. The number of anilines is 1. The Balaban J connectivity index is 1.80. The summed E-state index contributed by atoms with van der Waals surface area (Å²) in [6, 6.07) is 14.1. The second-order valence-electron chi connectivity index (χ2n) is 6.18. The number of carbonyl (C=O) groups excluding carboxylic acids is 1. The summed E-state index contributed by atoms with van der Waals surface area (Å²) in [6.07, 6.45) is 0. The van der Waals surface area contributed by atoms with Crippen LogP contribution < -0.4 is 10.9 Å². The summed E-state index contributed by atoms with van der Waals surface area (Å²) in [4.78, 5) is 31.3. The number of benzene rings is 1. The lowest BCUT2D eigenvalue weighted by Crippen LogP contribution is -2.19. The van der Waals surface area contributed by atoms with Crippen molar-refractivity contribution in [3.05, 3.63) is 76.0 Å². The van der Waals surface area contributed by atoms with E-state index in [1.165, 1.54) is 16.8 Å². The van der Waals surface area contributed by atoms with Crippen molar-refractivity contribution in [2.45, 2.75) is 13.8 Å². The lowest BCUT2D eigenvalue weighted by atomic mass is 10.1. The molecule has 0 atom stereocenters. The molecule has 9 heteroatoms. The fourth-order valence-electron chi connectivity index (χ4n) is 2.70. The number of H-pyrrole nitrogens is 1. The van der Waals surface area contributed by atoms with Crippen LogP contribution in [0.3, 0.4) is 0 Å². The van der Waals surface area contributed by atoms with Gasteiger partial charge in [0.25, 0.3) is 11.5 Å². The first-order valence-corrected chi connectivity index (χ1v) is 8.48. The standard InChI is InChI=1S/C19H16N6O3/c1-11-8-17(26)22-19(20-11)25-16(21-18(27)15-9-12(2)28-24-15)10-14(23-25)13-6-4-3-5-7-13/h3-10H,1-2H3,(H,21,27)(H,20,22,26). The average Bonchev–Trinajstić information content (AvgIpc) is 3.28. The summed E-state index contributed by atoms with van der Waals surface area (Å²) in [5, 5.41) is 11.0. The zero-order valence-electron chi connectivity index (χ0n) is 15.1. The predicted molar refractivity (Wildman–Crippen MR) is 101 cm³/mol. The number of aromatic amines is 1. The molecule has 1 aromatic carbocycles. The first kappa shape index (κ1) is 17.4. The summed E-state index contributed by atoms with van der Waals surface area (Å²) < 4.78 is 6.33. The summed E-state index contributed by atoms with van der Waals surface area (Å²) in [7, 11) is 0. The molecule has 0 saturated carbocycles. The van der Waals surface area contributed by atoms with Gasteiger partial charge in [-0.25, -0.2) is 4.98 Å². The monoisotopic (exact) mass is 376 g/mol. The van der Waals surface area contributed by atoms with Crippen molar-refractivity contribution in [1.29, 1.82) is 0 Å². The number of nitrogens with zero attached hydrogens (tertiary/aromatic N) is 4. The van der Waals surface area contributed by atoms with Gasteiger partial charge < -0.3 is 9.84 Å². The molecule has 0 spiro atoms. The average molecular weight is 376 g/mol. The summed E-state index contributed by atoms with van der Waals surface area (Å²) in [5.41, 5.74) is 1.81. The maximum Gasteiger partial charge on any atom is 0.279 e. The van der Waals surface area contributed by atoms with Gasteiger partial charge in [0.2, 0.25) is 5.95 Å². The molecule has 28 heavy (non-hydrogen) atoms. The molecule has 3 heterocycles. The second-order valence-corrected chi connectivity index (χ2v) is 6.18. The summed E-state index contributed by atoms with van der Waals surface area (Å²) in [6.45, 7) is 3.40. The highest BCUT2D eigenvalue weighted by Crippen LogP contribution is 2.23. The maximum absolute atomic E-state index is 12.5. The molecule has 0 aliphatic heterocycles. The minimum atomic E-state index is -0.465. The molecule has 0 bridgehead atoms. The Kier molecular flexibility index (Phi) is 4.32. The fraction of sp³-hybridized carbons (Fsp3) is 0.105. The predicted octanol–water partition coefficient (Wildman–Crippen LogP) is 2.48.